The molecular formula is C55H88O6. The molecule has 0 aromatic heterocycles. The summed E-state index contributed by atoms with van der Waals surface area (Å²) in [4.78, 5) is 37.9. The van der Waals surface area contributed by atoms with Crippen LogP contribution in [0, 0.1) is 0 Å². The highest BCUT2D eigenvalue weighted by Gasteiger charge is 2.19. The van der Waals surface area contributed by atoms with E-state index in [9.17, 15) is 14.4 Å². The smallest absolute Gasteiger partial charge is 0.306 e. The zero-order chi connectivity index (χ0) is 44.4. The van der Waals surface area contributed by atoms with Crippen molar-refractivity contribution in [3.05, 3.63) is 109 Å². The molecule has 0 bridgehead atoms. The first-order valence-corrected chi connectivity index (χ1v) is 24.4. The average molecular weight is 845 g/mol. The molecule has 1 atom stereocenters. The molecule has 0 aromatic rings. The van der Waals surface area contributed by atoms with Gasteiger partial charge in [-0.2, -0.15) is 0 Å². The summed E-state index contributed by atoms with van der Waals surface area (Å²) in [6.07, 6.45) is 65.0. The van der Waals surface area contributed by atoms with Crippen LogP contribution in [0.15, 0.2) is 109 Å². The lowest BCUT2D eigenvalue weighted by atomic mass is 10.1. The van der Waals surface area contributed by atoms with Gasteiger partial charge in [-0.3, -0.25) is 14.4 Å². The Kier molecular flexibility index (Phi) is 45.6. The predicted octanol–water partition coefficient (Wildman–Crippen LogP) is 16.0. The highest BCUT2D eigenvalue weighted by molar-refractivity contribution is 5.71. The van der Waals surface area contributed by atoms with Crippen molar-refractivity contribution in [3.8, 4) is 0 Å². The number of carbonyl (C=O) groups excluding carboxylic acids is 3. The number of hydrogen-bond donors (Lipinski definition) is 0. The highest BCUT2D eigenvalue weighted by atomic mass is 16.6. The van der Waals surface area contributed by atoms with Crippen LogP contribution >= 0.6 is 0 Å². The molecule has 0 aromatic carbocycles. The van der Waals surface area contributed by atoms with Crippen LogP contribution in [-0.2, 0) is 28.6 Å². The summed E-state index contributed by atoms with van der Waals surface area (Å²) in [5, 5.41) is 0. The summed E-state index contributed by atoms with van der Waals surface area (Å²) in [5.41, 5.74) is 0. The van der Waals surface area contributed by atoms with Crippen LogP contribution in [0.2, 0.25) is 0 Å². The zero-order valence-electron chi connectivity index (χ0n) is 39.1. The molecule has 0 saturated carbocycles. The molecule has 6 heteroatoms. The van der Waals surface area contributed by atoms with Crippen molar-refractivity contribution in [3.63, 3.8) is 0 Å². The van der Waals surface area contributed by atoms with E-state index in [4.69, 9.17) is 14.2 Å². The molecule has 0 spiro atoms. The lowest BCUT2D eigenvalue weighted by Gasteiger charge is -2.18. The molecule has 6 nitrogen and oxygen atoms in total. The van der Waals surface area contributed by atoms with Gasteiger partial charge in [0.05, 0.1) is 0 Å². The molecule has 0 fully saturated rings. The Labute approximate surface area is 374 Å². The Balaban J connectivity index is 4.45. The minimum Gasteiger partial charge on any atom is -0.462 e. The fourth-order valence-electron chi connectivity index (χ4n) is 6.19. The van der Waals surface area contributed by atoms with Crippen molar-refractivity contribution >= 4 is 17.9 Å². The van der Waals surface area contributed by atoms with Crippen LogP contribution in [0.3, 0.4) is 0 Å². The summed E-state index contributed by atoms with van der Waals surface area (Å²) in [7, 11) is 0. The lowest BCUT2D eigenvalue weighted by Crippen LogP contribution is -2.30. The van der Waals surface area contributed by atoms with Crippen molar-refractivity contribution in [1.82, 2.24) is 0 Å². The molecule has 0 aliphatic rings. The maximum absolute atomic E-state index is 12.7. The molecule has 0 N–H and O–H groups in total. The minimum absolute atomic E-state index is 0.106. The molecule has 1 unspecified atom stereocenters. The van der Waals surface area contributed by atoms with Crippen molar-refractivity contribution in [2.24, 2.45) is 0 Å². The quantitative estimate of drug-likeness (QED) is 0.0200. The van der Waals surface area contributed by atoms with Crippen LogP contribution in [0.25, 0.3) is 0 Å². The average Bonchev–Trinajstić information content (AvgIpc) is 3.26. The summed E-state index contributed by atoms with van der Waals surface area (Å²) >= 11 is 0. The van der Waals surface area contributed by atoms with Crippen molar-refractivity contribution in [2.45, 2.75) is 207 Å². The Morgan fingerprint density at radius 3 is 1.23 bits per heavy atom. The van der Waals surface area contributed by atoms with Crippen LogP contribution in [0.5, 0.6) is 0 Å². The molecule has 61 heavy (non-hydrogen) atoms. The van der Waals surface area contributed by atoms with Gasteiger partial charge in [0.1, 0.15) is 13.2 Å². The van der Waals surface area contributed by atoms with Gasteiger partial charge in [-0.1, -0.05) is 194 Å². The highest BCUT2D eigenvalue weighted by Crippen LogP contribution is 2.13. The Hall–Kier alpha value is -3.93. The molecule has 0 heterocycles. The number of carbonyl (C=O) groups is 3. The van der Waals surface area contributed by atoms with E-state index in [1.165, 1.54) is 38.5 Å². The zero-order valence-corrected chi connectivity index (χ0v) is 39.1. The standard InChI is InChI=1S/C55H88O6/c1-4-7-10-13-16-19-22-24-25-26-27-28-29-31-33-36-39-42-45-48-54(57)60-51-52(50-59-53(56)47-44-41-38-35-32-21-18-15-12-9-6-3)61-55(58)49-46-43-40-37-34-30-23-20-17-14-11-8-5-2/h7-8,10-11,14-20,23-25,27-28,30,34,52H,4-6,9,12-13,21-22,26,29,31-33,35-51H2,1-3H3/b10-7-,11-8-,17-14-,18-15-,19-16-,23-20-,25-24-,28-27-,34-30-. The summed E-state index contributed by atoms with van der Waals surface area (Å²) in [6.45, 7) is 6.27. The molecule has 0 amide bonds. The summed E-state index contributed by atoms with van der Waals surface area (Å²) in [6, 6.07) is 0. The van der Waals surface area contributed by atoms with E-state index in [2.05, 4.69) is 93.7 Å². The first kappa shape index (κ1) is 57.1. The maximum Gasteiger partial charge on any atom is 0.306 e. The molecule has 0 rings (SSSR count). The molecule has 0 radical (unpaired) electrons. The van der Waals surface area contributed by atoms with Gasteiger partial charge in [-0.05, 0) is 96.3 Å². The molecule has 344 valence electrons. The molecule has 0 aliphatic carbocycles. The van der Waals surface area contributed by atoms with Gasteiger partial charge in [0, 0.05) is 19.3 Å². The van der Waals surface area contributed by atoms with E-state index < -0.39 is 6.10 Å². The second kappa shape index (κ2) is 48.7. The first-order valence-electron chi connectivity index (χ1n) is 24.4. The van der Waals surface area contributed by atoms with Gasteiger partial charge in [0.15, 0.2) is 6.10 Å². The largest absolute Gasteiger partial charge is 0.462 e. The fraction of sp³-hybridized carbons (Fsp3) is 0.618. The summed E-state index contributed by atoms with van der Waals surface area (Å²) in [5.74, 6) is -0.978. The Bertz CT molecular complexity index is 1290. The Morgan fingerprint density at radius 1 is 0.361 bits per heavy atom. The van der Waals surface area contributed by atoms with Crippen LogP contribution < -0.4 is 0 Å². The minimum atomic E-state index is -0.808. The SMILES string of the molecule is CC\C=C/C=C\C=C/C=C\CCCCCC(=O)OC(COC(=O)CCCCCCC/C=C\CCCC)COC(=O)CCCCCCCC/C=C\C/C=C\C/C=C\C/C=C\CC. The number of rotatable bonds is 42. The van der Waals surface area contributed by atoms with E-state index in [1.807, 2.05) is 36.5 Å². The number of unbranched alkanes of at least 4 members (excludes halogenated alkanes) is 16. The maximum atomic E-state index is 12.7. The van der Waals surface area contributed by atoms with Crippen molar-refractivity contribution < 1.29 is 28.6 Å². The van der Waals surface area contributed by atoms with E-state index in [-0.39, 0.29) is 37.5 Å². The third-order valence-corrected chi connectivity index (χ3v) is 9.84. The normalized spacial score (nSPS) is 13.0. The van der Waals surface area contributed by atoms with Gasteiger partial charge in [-0.25, -0.2) is 0 Å². The van der Waals surface area contributed by atoms with Gasteiger partial charge in [-0.15, -0.1) is 0 Å². The number of esters is 3. The lowest BCUT2D eigenvalue weighted by molar-refractivity contribution is -0.167. The fourth-order valence-corrected chi connectivity index (χ4v) is 6.19. The number of ether oxygens (including phenoxy) is 3. The van der Waals surface area contributed by atoms with Gasteiger partial charge in [0.25, 0.3) is 0 Å². The van der Waals surface area contributed by atoms with E-state index >= 15 is 0 Å². The van der Waals surface area contributed by atoms with Crippen LogP contribution in [-0.4, -0.2) is 37.2 Å². The van der Waals surface area contributed by atoms with Crippen molar-refractivity contribution in [2.75, 3.05) is 13.2 Å². The van der Waals surface area contributed by atoms with E-state index in [0.717, 1.165) is 116 Å². The second-order valence-corrected chi connectivity index (χ2v) is 15.7. The van der Waals surface area contributed by atoms with Gasteiger partial charge < -0.3 is 14.2 Å². The van der Waals surface area contributed by atoms with E-state index in [0.29, 0.717) is 19.3 Å². The third-order valence-electron chi connectivity index (χ3n) is 9.84. The van der Waals surface area contributed by atoms with E-state index in [1.54, 1.807) is 0 Å². The second-order valence-electron chi connectivity index (χ2n) is 15.7. The number of hydrogen-bond acceptors (Lipinski definition) is 6. The number of allylic oxidation sites excluding steroid dienone is 18. The topological polar surface area (TPSA) is 78.9 Å². The summed E-state index contributed by atoms with van der Waals surface area (Å²) < 4.78 is 16.7. The first-order chi connectivity index (χ1) is 30.0. The predicted molar refractivity (Wildman–Crippen MR) is 260 cm³/mol. The molecular weight excluding hydrogens is 757 g/mol. The third kappa shape index (κ3) is 47.0. The molecule has 0 aliphatic heterocycles. The monoisotopic (exact) mass is 845 g/mol. The van der Waals surface area contributed by atoms with Crippen molar-refractivity contribution in [1.29, 1.82) is 0 Å². The van der Waals surface area contributed by atoms with Crippen LogP contribution in [0.1, 0.15) is 201 Å². The Morgan fingerprint density at radius 2 is 0.721 bits per heavy atom. The van der Waals surface area contributed by atoms with Crippen LogP contribution in [0.4, 0.5) is 0 Å². The molecule has 0 saturated heterocycles. The van der Waals surface area contributed by atoms with Gasteiger partial charge in [0.2, 0.25) is 0 Å². The van der Waals surface area contributed by atoms with Gasteiger partial charge >= 0.3 is 17.9 Å².